The second kappa shape index (κ2) is 12.8. The van der Waals surface area contributed by atoms with Crippen molar-refractivity contribution in [1.82, 2.24) is 0 Å². The Kier molecular flexibility index (Phi) is 11.1. The summed E-state index contributed by atoms with van der Waals surface area (Å²) in [6.45, 7) is 5.55. The first-order chi connectivity index (χ1) is 12.9. The van der Waals surface area contributed by atoms with E-state index in [1.165, 1.54) is 63.5 Å². The molecule has 0 saturated heterocycles. The van der Waals surface area contributed by atoms with Crippen molar-refractivity contribution in [1.29, 1.82) is 0 Å². The maximum absolute atomic E-state index is 12.3. The molecule has 4 nitrogen and oxygen atoms in total. The lowest BCUT2D eigenvalue weighted by Crippen LogP contribution is -2.39. The van der Waals surface area contributed by atoms with E-state index in [0.717, 1.165) is 12.8 Å². The molecular formula is C23H38O4. The van der Waals surface area contributed by atoms with Gasteiger partial charge in [-0.1, -0.05) is 76.8 Å². The molecule has 2 N–H and O–H groups in total. The van der Waals surface area contributed by atoms with E-state index >= 15 is 0 Å². The quantitative estimate of drug-likeness (QED) is 0.308. The van der Waals surface area contributed by atoms with E-state index in [4.69, 9.17) is 4.74 Å². The second-order valence-corrected chi connectivity index (χ2v) is 8.04. The predicted octanol–water partition coefficient (Wildman–Crippen LogP) is 6.00. The molecule has 0 aliphatic heterocycles. The molecule has 0 aliphatic carbocycles. The zero-order valence-corrected chi connectivity index (χ0v) is 17.4. The lowest BCUT2D eigenvalue weighted by atomic mass is 9.95. The molecule has 0 spiro atoms. The number of rotatable bonds is 14. The van der Waals surface area contributed by atoms with Crippen molar-refractivity contribution >= 4 is 5.97 Å². The molecule has 27 heavy (non-hydrogen) atoms. The molecule has 1 aromatic carbocycles. The number of phenols is 1. The van der Waals surface area contributed by atoms with Crippen LogP contribution in [-0.4, -0.2) is 27.9 Å². The number of aromatic hydroxyl groups is 1. The van der Waals surface area contributed by atoms with Crippen LogP contribution in [0.15, 0.2) is 24.3 Å². The molecule has 0 aliphatic rings. The third-order valence-electron chi connectivity index (χ3n) is 4.98. The van der Waals surface area contributed by atoms with Crippen molar-refractivity contribution in [2.75, 3.05) is 0 Å². The Hall–Kier alpha value is -1.55. The Bertz CT molecular complexity index is 533. The number of hydrogen-bond acceptors (Lipinski definition) is 4. The van der Waals surface area contributed by atoms with E-state index in [-0.39, 0.29) is 11.3 Å². The summed E-state index contributed by atoms with van der Waals surface area (Å²) < 4.78 is 5.52. The van der Waals surface area contributed by atoms with Gasteiger partial charge in [0.15, 0.2) is 0 Å². The van der Waals surface area contributed by atoms with Crippen molar-refractivity contribution in [2.45, 2.75) is 103 Å². The van der Waals surface area contributed by atoms with Gasteiger partial charge in [0.25, 0.3) is 0 Å². The Morgan fingerprint density at radius 1 is 0.963 bits per heavy atom. The van der Waals surface area contributed by atoms with E-state index in [9.17, 15) is 15.0 Å². The maximum atomic E-state index is 12.3. The third kappa shape index (κ3) is 9.81. The topological polar surface area (TPSA) is 66.8 Å². The van der Waals surface area contributed by atoms with Crippen LogP contribution in [-0.2, 0) is 4.74 Å². The molecule has 1 unspecified atom stereocenters. The van der Waals surface area contributed by atoms with E-state index in [2.05, 4.69) is 6.92 Å². The fourth-order valence-electron chi connectivity index (χ4n) is 3.21. The fourth-order valence-corrected chi connectivity index (χ4v) is 3.21. The number of carbonyl (C=O) groups excluding carboxylic acids is 1. The van der Waals surface area contributed by atoms with Crippen molar-refractivity contribution in [2.24, 2.45) is 0 Å². The summed E-state index contributed by atoms with van der Waals surface area (Å²) in [4.78, 5) is 12.3. The number of phenolic OH excluding ortho intramolecular Hbond substituents is 1. The number of ether oxygens (including phenoxy) is 1. The highest BCUT2D eigenvalue weighted by atomic mass is 16.6. The minimum Gasteiger partial charge on any atom is -0.507 e. The predicted molar refractivity (Wildman–Crippen MR) is 110 cm³/mol. The zero-order valence-electron chi connectivity index (χ0n) is 17.4. The van der Waals surface area contributed by atoms with E-state index in [1.807, 2.05) is 0 Å². The molecule has 1 atom stereocenters. The Morgan fingerprint density at radius 3 is 2.00 bits per heavy atom. The number of unbranched alkanes of at least 4 members (excludes halogenated alkanes) is 9. The van der Waals surface area contributed by atoms with E-state index in [1.54, 1.807) is 26.0 Å². The summed E-state index contributed by atoms with van der Waals surface area (Å²) in [5.74, 6) is -0.691. The largest absolute Gasteiger partial charge is 0.507 e. The monoisotopic (exact) mass is 378 g/mol. The number of esters is 1. The molecule has 0 amide bonds. The molecule has 0 fully saturated rings. The average molecular weight is 379 g/mol. The van der Waals surface area contributed by atoms with Crippen molar-refractivity contribution in [3.05, 3.63) is 29.8 Å². The zero-order chi connectivity index (χ0) is 20.1. The van der Waals surface area contributed by atoms with E-state index in [0.29, 0.717) is 6.42 Å². The minimum absolute atomic E-state index is 0.101. The molecule has 0 aromatic heterocycles. The van der Waals surface area contributed by atoms with Crippen LogP contribution in [0.1, 0.15) is 102 Å². The van der Waals surface area contributed by atoms with Gasteiger partial charge in [-0.25, -0.2) is 4.79 Å². The van der Waals surface area contributed by atoms with Crippen molar-refractivity contribution in [3.8, 4) is 5.75 Å². The molecule has 1 aromatic rings. The summed E-state index contributed by atoms with van der Waals surface area (Å²) in [6.07, 6.45) is 12.4. The first-order valence-corrected chi connectivity index (χ1v) is 10.6. The van der Waals surface area contributed by atoms with Gasteiger partial charge in [-0.15, -0.1) is 0 Å². The Balaban J connectivity index is 2.31. The Morgan fingerprint density at radius 2 is 1.48 bits per heavy atom. The summed E-state index contributed by atoms with van der Waals surface area (Å²) in [7, 11) is 0. The normalized spacial score (nSPS) is 12.7. The van der Waals surface area contributed by atoms with Gasteiger partial charge >= 0.3 is 5.97 Å². The van der Waals surface area contributed by atoms with Gasteiger partial charge in [0.1, 0.15) is 17.4 Å². The van der Waals surface area contributed by atoms with Crippen LogP contribution in [0.25, 0.3) is 0 Å². The summed E-state index contributed by atoms with van der Waals surface area (Å²) in [5, 5.41) is 20.1. The van der Waals surface area contributed by atoms with Gasteiger partial charge in [0.2, 0.25) is 0 Å². The van der Waals surface area contributed by atoms with Gasteiger partial charge in [-0.05, 0) is 38.8 Å². The van der Waals surface area contributed by atoms with Gasteiger partial charge in [-0.3, -0.25) is 0 Å². The fraction of sp³-hybridized carbons (Fsp3) is 0.696. The van der Waals surface area contributed by atoms with Crippen LogP contribution in [0.2, 0.25) is 0 Å². The minimum atomic E-state index is -1.11. The number of para-hydroxylation sites is 1. The molecule has 1 rings (SSSR count). The highest BCUT2D eigenvalue weighted by Gasteiger charge is 2.30. The molecule has 0 bridgehead atoms. The van der Waals surface area contributed by atoms with Crippen LogP contribution < -0.4 is 0 Å². The van der Waals surface area contributed by atoms with E-state index < -0.39 is 17.7 Å². The van der Waals surface area contributed by atoms with Gasteiger partial charge < -0.3 is 14.9 Å². The number of aliphatic hydroxyl groups is 1. The van der Waals surface area contributed by atoms with Crippen LogP contribution in [0.5, 0.6) is 5.75 Å². The average Bonchev–Trinajstić information content (AvgIpc) is 2.61. The summed E-state index contributed by atoms with van der Waals surface area (Å²) in [6, 6.07) is 6.32. The van der Waals surface area contributed by atoms with Gasteiger partial charge in [-0.2, -0.15) is 0 Å². The third-order valence-corrected chi connectivity index (χ3v) is 4.98. The highest BCUT2D eigenvalue weighted by molar-refractivity contribution is 5.92. The standard InChI is InChI=1S/C23H38O4/c1-4-5-6-7-8-9-10-11-12-13-18-21(23(2,3)26)27-22(25)19-16-14-15-17-20(19)24/h14-17,21,24,26H,4-13,18H2,1-3H3. The number of benzene rings is 1. The van der Waals surface area contributed by atoms with Crippen molar-refractivity contribution < 1.29 is 19.7 Å². The smallest absolute Gasteiger partial charge is 0.342 e. The highest BCUT2D eigenvalue weighted by Crippen LogP contribution is 2.24. The first-order valence-electron chi connectivity index (χ1n) is 10.6. The molecular weight excluding hydrogens is 340 g/mol. The van der Waals surface area contributed by atoms with Gasteiger partial charge in [0.05, 0.1) is 5.60 Å². The second-order valence-electron chi connectivity index (χ2n) is 8.04. The number of hydrogen-bond donors (Lipinski definition) is 2. The van der Waals surface area contributed by atoms with Crippen LogP contribution in [0.3, 0.4) is 0 Å². The SMILES string of the molecule is CCCCCCCCCCCCC(OC(=O)c1ccccc1O)C(C)(C)O. The van der Waals surface area contributed by atoms with Crippen LogP contribution in [0, 0.1) is 0 Å². The molecule has 0 heterocycles. The number of carbonyl (C=O) groups is 1. The maximum Gasteiger partial charge on any atom is 0.342 e. The van der Waals surface area contributed by atoms with Crippen LogP contribution >= 0.6 is 0 Å². The Labute approximate surface area is 164 Å². The summed E-state index contributed by atoms with van der Waals surface area (Å²) >= 11 is 0. The lowest BCUT2D eigenvalue weighted by Gasteiger charge is -2.29. The first kappa shape index (κ1) is 23.5. The molecule has 154 valence electrons. The molecule has 4 heteroatoms. The van der Waals surface area contributed by atoms with Crippen LogP contribution in [0.4, 0.5) is 0 Å². The summed E-state index contributed by atoms with van der Waals surface area (Å²) in [5.41, 5.74) is -0.978. The van der Waals surface area contributed by atoms with Crippen molar-refractivity contribution in [3.63, 3.8) is 0 Å². The molecule has 0 saturated carbocycles. The molecule has 0 radical (unpaired) electrons. The lowest BCUT2D eigenvalue weighted by molar-refractivity contribution is -0.0681. The van der Waals surface area contributed by atoms with Gasteiger partial charge in [0, 0.05) is 0 Å².